The number of carboxylic acid groups (broad SMARTS) is 1. The topological polar surface area (TPSA) is 87.7 Å². The molecule has 0 fully saturated rings. The Morgan fingerprint density at radius 2 is 1.83 bits per heavy atom. The van der Waals surface area contributed by atoms with Gasteiger partial charge in [-0.15, -0.1) is 0 Å². The third kappa shape index (κ3) is 5.86. The monoisotopic (exact) mass is 260 g/mol. The minimum absolute atomic E-state index is 0.110. The van der Waals surface area contributed by atoms with Crippen LogP contribution < -0.4 is 10.6 Å². The van der Waals surface area contributed by atoms with Crippen LogP contribution >= 0.6 is 0 Å². The largest absolute Gasteiger partial charge is 0.480 e. The molecule has 0 saturated heterocycles. The molecule has 0 spiro atoms. The van der Waals surface area contributed by atoms with E-state index in [9.17, 15) is 9.59 Å². The van der Waals surface area contributed by atoms with Crippen molar-refractivity contribution in [2.24, 2.45) is 5.92 Å². The van der Waals surface area contributed by atoms with E-state index in [1.54, 1.807) is 14.0 Å². The Kier molecular flexibility index (Phi) is 8.11. The fourth-order valence-electron chi connectivity index (χ4n) is 1.51. The van der Waals surface area contributed by atoms with Crippen molar-refractivity contribution in [1.82, 2.24) is 10.6 Å². The molecule has 3 N–H and O–H groups in total. The molecule has 0 radical (unpaired) electrons. The van der Waals surface area contributed by atoms with Crippen LogP contribution in [0.2, 0.25) is 0 Å². The predicted molar refractivity (Wildman–Crippen MR) is 68.5 cm³/mol. The molecular weight excluding hydrogens is 236 g/mol. The van der Waals surface area contributed by atoms with Gasteiger partial charge in [-0.05, 0) is 12.3 Å². The molecule has 0 heterocycles. The Hall–Kier alpha value is -1.30. The summed E-state index contributed by atoms with van der Waals surface area (Å²) >= 11 is 0. The van der Waals surface area contributed by atoms with Gasteiger partial charge < -0.3 is 20.5 Å². The van der Waals surface area contributed by atoms with Crippen LogP contribution in [0.4, 0.5) is 4.79 Å². The van der Waals surface area contributed by atoms with Gasteiger partial charge in [-0.2, -0.15) is 0 Å². The number of urea groups is 1. The SMILES string of the molecule is CCC(COC)NC(=O)N[C@H](C(=O)O)[C@@H](C)CC. The second-order valence-electron chi connectivity index (χ2n) is 4.38. The number of rotatable bonds is 8. The van der Waals surface area contributed by atoms with Gasteiger partial charge in [-0.1, -0.05) is 27.2 Å². The molecule has 106 valence electrons. The summed E-state index contributed by atoms with van der Waals surface area (Å²) in [7, 11) is 1.56. The van der Waals surface area contributed by atoms with Gasteiger partial charge in [-0.25, -0.2) is 9.59 Å². The lowest BCUT2D eigenvalue weighted by molar-refractivity contribution is -0.140. The van der Waals surface area contributed by atoms with Gasteiger partial charge in [0.1, 0.15) is 6.04 Å². The Morgan fingerprint density at radius 1 is 1.22 bits per heavy atom. The molecule has 0 aromatic rings. The lowest BCUT2D eigenvalue weighted by atomic mass is 9.99. The van der Waals surface area contributed by atoms with Crippen LogP contribution in [0.15, 0.2) is 0 Å². The van der Waals surface area contributed by atoms with Gasteiger partial charge in [0.2, 0.25) is 0 Å². The van der Waals surface area contributed by atoms with E-state index in [4.69, 9.17) is 9.84 Å². The first-order valence-electron chi connectivity index (χ1n) is 6.24. The highest BCUT2D eigenvalue weighted by atomic mass is 16.5. The maximum absolute atomic E-state index is 11.7. The zero-order valence-corrected chi connectivity index (χ0v) is 11.5. The molecule has 0 saturated carbocycles. The van der Waals surface area contributed by atoms with Gasteiger partial charge in [0.15, 0.2) is 0 Å². The average Bonchev–Trinajstić information content (AvgIpc) is 2.34. The van der Waals surface area contributed by atoms with Gasteiger partial charge in [0.05, 0.1) is 12.6 Å². The molecule has 2 amide bonds. The van der Waals surface area contributed by atoms with Crippen LogP contribution in [-0.2, 0) is 9.53 Å². The Balaban J connectivity index is 4.37. The summed E-state index contributed by atoms with van der Waals surface area (Å²) in [5, 5.41) is 14.2. The molecular formula is C12H24N2O4. The molecule has 3 atom stereocenters. The van der Waals surface area contributed by atoms with E-state index in [-0.39, 0.29) is 12.0 Å². The van der Waals surface area contributed by atoms with Crippen molar-refractivity contribution in [3.05, 3.63) is 0 Å². The Labute approximate surface area is 108 Å². The van der Waals surface area contributed by atoms with Crippen LogP contribution in [0.5, 0.6) is 0 Å². The number of amides is 2. The minimum Gasteiger partial charge on any atom is -0.480 e. The van der Waals surface area contributed by atoms with Crippen molar-refractivity contribution in [3.63, 3.8) is 0 Å². The quantitative estimate of drug-likeness (QED) is 0.612. The van der Waals surface area contributed by atoms with Crippen LogP contribution in [0, 0.1) is 5.92 Å². The van der Waals surface area contributed by atoms with Crippen LogP contribution in [0.3, 0.4) is 0 Å². The Morgan fingerprint density at radius 3 is 2.22 bits per heavy atom. The number of hydrogen-bond acceptors (Lipinski definition) is 3. The molecule has 0 rings (SSSR count). The molecule has 0 aliphatic carbocycles. The summed E-state index contributed by atoms with van der Waals surface area (Å²) < 4.78 is 4.96. The number of aliphatic carboxylic acids is 1. The van der Waals surface area contributed by atoms with Crippen LogP contribution in [-0.4, -0.2) is 42.9 Å². The summed E-state index contributed by atoms with van der Waals surface area (Å²) in [5.41, 5.74) is 0. The summed E-state index contributed by atoms with van der Waals surface area (Å²) in [6, 6.07) is -1.44. The van der Waals surface area contributed by atoms with Crippen molar-refractivity contribution in [2.45, 2.75) is 45.7 Å². The third-order valence-electron chi connectivity index (χ3n) is 2.96. The number of carbonyl (C=O) groups is 2. The lowest BCUT2D eigenvalue weighted by Gasteiger charge is -2.22. The highest BCUT2D eigenvalue weighted by molar-refractivity contribution is 5.82. The van der Waals surface area contributed by atoms with Crippen molar-refractivity contribution >= 4 is 12.0 Å². The van der Waals surface area contributed by atoms with Crippen LogP contribution in [0.1, 0.15) is 33.6 Å². The normalized spacial score (nSPS) is 15.6. The van der Waals surface area contributed by atoms with Gasteiger partial charge >= 0.3 is 12.0 Å². The number of ether oxygens (including phenoxy) is 1. The first-order chi connectivity index (χ1) is 8.46. The van der Waals surface area contributed by atoms with Gasteiger partial charge in [0.25, 0.3) is 0 Å². The summed E-state index contributed by atoms with van der Waals surface area (Å²) in [4.78, 5) is 22.7. The van der Waals surface area contributed by atoms with Crippen molar-refractivity contribution in [1.29, 1.82) is 0 Å². The number of carboxylic acids is 1. The van der Waals surface area contributed by atoms with Crippen molar-refractivity contribution in [3.8, 4) is 0 Å². The fourth-order valence-corrected chi connectivity index (χ4v) is 1.51. The average molecular weight is 260 g/mol. The number of carbonyl (C=O) groups excluding carboxylic acids is 1. The fraction of sp³-hybridized carbons (Fsp3) is 0.833. The molecule has 0 aliphatic heterocycles. The van der Waals surface area contributed by atoms with Crippen LogP contribution in [0.25, 0.3) is 0 Å². The zero-order chi connectivity index (χ0) is 14.1. The van der Waals surface area contributed by atoms with E-state index in [2.05, 4.69) is 10.6 Å². The standard InChI is InChI=1S/C12H24N2O4/c1-5-8(3)10(11(15)16)14-12(17)13-9(6-2)7-18-4/h8-10H,5-7H2,1-4H3,(H,15,16)(H2,13,14,17)/t8-,9?,10-/m0/s1. The zero-order valence-electron chi connectivity index (χ0n) is 11.5. The van der Waals surface area contributed by atoms with E-state index >= 15 is 0 Å². The molecule has 1 unspecified atom stereocenters. The highest BCUT2D eigenvalue weighted by Gasteiger charge is 2.25. The molecule has 0 aromatic carbocycles. The molecule has 18 heavy (non-hydrogen) atoms. The molecule has 0 aromatic heterocycles. The molecule has 0 aliphatic rings. The third-order valence-corrected chi connectivity index (χ3v) is 2.96. The molecule has 6 nitrogen and oxygen atoms in total. The number of hydrogen-bond donors (Lipinski definition) is 3. The number of nitrogens with one attached hydrogen (secondary N) is 2. The first-order valence-corrected chi connectivity index (χ1v) is 6.24. The maximum atomic E-state index is 11.7. The number of methoxy groups -OCH3 is 1. The van der Waals surface area contributed by atoms with Crippen molar-refractivity contribution < 1.29 is 19.4 Å². The molecule has 6 heteroatoms. The smallest absolute Gasteiger partial charge is 0.326 e. The van der Waals surface area contributed by atoms with E-state index in [1.807, 2.05) is 13.8 Å². The molecule has 0 bridgehead atoms. The lowest BCUT2D eigenvalue weighted by Crippen LogP contribution is -2.52. The maximum Gasteiger partial charge on any atom is 0.326 e. The summed E-state index contributed by atoms with van der Waals surface area (Å²) in [5.74, 6) is -1.13. The van der Waals surface area contributed by atoms with E-state index < -0.39 is 18.0 Å². The van der Waals surface area contributed by atoms with E-state index in [0.29, 0.717) is 13.0 Å². The van der Waals surface area contributed by atoms with E-state index in [1.165, 1.54) is 0 Å². The highest BCUT2D eigenvalue weighted by Crippen LogP contribution is 2.07. The van der Waals surface area contributed by atoms with Crippen molar-refractivity contribution in [2.75, 3.05) is 13.7 Å². The summed E-state index contributed by atoms with van der Waals surface area (Å²) in [6.07, 6.45) is 1.41. The Bertz CT molecular complexity index is 271. The second-order valence-corrected chi connectivity index (χ2v) is 4.38. The van der Waals surface area contributed by atoms with Gasteiger partial charge in [-0.3, -0.25) is 0 Å². The minimum atomic E-state index is -1.01. The predicted octanol–water partition coefficient (Wildman–Crippen LogP) is 1.21. The van der Waals surface area contributed by atoms with E-state index in [0.717, 1.165) is 6.42 Å². The summed E-state index contributed by atoms with van der Waals surface area (Å²) in [6.45, 7) is 6.02. The van der Waals surface area contributed by atoms with Gasteiger partial charge in [0, 0.05) is 7.11 Å². The first kappa shape index (κ1) is 16.7. The second kappa shape index (κ2) is 8.74.